The standard InChI is InChI=1S/C28H31FN2O2S/c1-3-30-28(33)26(17-22-10-5-4-6-11-22)31(18-24-12-8-7-9-21(24)2)27(32)20-34-19-23-13-15-25(29)16-14-23/h4-16,26H,3,17-20H2,1-2H3,(H,30,33)/t26-/m1/s1. The molecule has 0 saturated heterocycles. The molecular formula is C28H31FN2O2S. The van der Waals surface area contributed by atoms with Gasteiger partial charge in [-0.15, -0.1) is 11.8 Å². The number of nitrogens with zero attached hydrogens (tertiary/aromatic N) is 1. The molecule has 0 heterocycles. The SMILES string of the molecule is CCNC(=O)[C@@H](Cc1ccccc1)N(Cc1ccccc1C)C(=O)CSCc1ccc(F)cc1. The van der Waals surface area contributed by atoms with Crippen LogP contribution >= 0.6 is 11.8 Å². The summed E-state index contributed by atoms with van der Waals surface area (Å²) in [6.07, 6.45) is 0.437. The van der Waals surface area contributed by atoms with Crippen molar-refractivity contribution in [3.63, 3.8) is 0 Å². The smallest absolute Gasteiger partial charge is 0.243 e. The van der Waals surface area contributed by atoms with Crippen molar-refractivity contribution < 1.29 is 14.0 Å². The zero-order chi connectivity index (χ0) is 24.3. The van der Waals surface area contributed by atoms with Crippen LogP contribution in [0.15, 0.2) is 78.9 Å². The maximum atomic E-state index is 13.5. The Balaban J connectivity index is 1.82. The molecule has 178 valence electrons. The number of halogens is 1. The first kappa shape index (κ1) is 25.5. The number of carbonyl (C=O) groups excluding carboxylic acids is 2. The Kier molecular flexibility index (Phi) is 9.71. The van der Waals surface area contributed by atoms with Crippen LogP contribution in [0.1, 0.15) is 29.2 Å². The fourth-order valence-corrected chi connectivity index (χ4v) is 4.61. The predicted octanol–water partition coefficient (Wildman–Crippen LogP) is 5.14. The minimum absolute atomic E-state index is 0.0949. The van der Waals surface area contributed by atoms with Crippen molar-refractivity contribution in [1.29, 1.82) is 0 Å². The molecule has 34 heavy (non-hydrogen) atoms. The molecule has 0 bridgehead atoms. The van der Waals surface area contributed by atoms with Crippen LogP contribution in [0.4, 0.5) is 4.39 Å². The molecule has 0 aliphatic rings. The third-order valence-electron chi connectivity index (χ3n) is 5.63. The molecule has 4 nitrogen and oxygen atoms in total. The summed E-state index contributed by atoms with van der Waals surface area (Å²) in [4.78, 5) is 28.4. The molecule has 2 amide bonds. The maximum Gasteiger partial charge on any atom is 0.243 e. The first-order chi connectivity index (χ1) is 16.5. The average molecular weight is 479 g/mol. The molecule has 3 aromatic rings. The van der Waals surface area contributed by atoms with Gasteiger partial charge >= 0.3 is 0 Å². The lowest BCUT2D eigenvalue weighted by molar-refractivity contribution is -0.139. The van der Waals surface area contributed by atoms with Crippen LogP contribution in [0.2, 0.25) is 0 Å². The lowest BCUT2D eigenvalue weighted by Crippen LogP contribution is -2.51. The van der Waals surface area contributed by atoms with Crippen LogP contribution in [0.25, 0.3) is 0 Å². The molecule has 0 fully saturated rings. The van der Waals surface area contributed by atoms with Gasteiger partial charge in [-0.1, -0.05) is 66.7 Å². The lowest BCUT2D eigenvalue weighted by atomic mass is 10.0. The average Bonchev–Trinajstić information content (AvgIpc) is 2.84. The quantitative estimate of drug-likeness (QED) is 0.415. The largest absolute Gasteiger partial charge is 0.355 e. The molecule has 1 atom stereocenters. The first-order valence-corrected chi connectivity index (χ1v) is 12.6. The Bertz CT molecular complexity index is 1070. The minimum atomic E-state index is -0.624. The van der Waals surface area contributed by atoms with Gasteiger partial charge < -0.3 is 10.2 Å². The molecule has 3 aromatic carbocycles. The Morgan fingerprint density at radius 3 is 2.29 bits per heavy atom. The fourth-order valence-electron chi connectivity index (χ4n) is 3.74. The third kappa shape index (κ3) is 7.45. The number of nitrogens with one attached hydrogen (secondary N) is 1. The van der Waals surface area contributed by atoms with E-state index in [-0.39, 0.29) is 23.4 Å². The number of carbonyl (C=O) groups is 2. The molecule has 6 heteroatoms. The molecule has 0 aliphatic heterocycles. The highest BCUT2D eigenvalue weighted by molar-refractivity contribution is 7.99. The van der Waals surface area contributed by atoms with E-state index in [1.807, 2.05) is 68.4 Å². The number of likely N-dealkylation sites (N-methyl/N-ethyl adjacent to an activating group) is 1. The van der Waals surface area contributed by atoms with Gasteiger partial charge in [0.05, 0.1) is 5.75 Å². The Morgan fingerprint density at radius 2 is 1.62 bits per heavy atom. The van der Waals surface area contributed by atoms with Crippen LogP contribution in [0.5, 0.6) is 0 Å². The van der Waals surface area contributed by atoms with Crippen molar-refractivity contribution >= 4 is 23.6 Å². The lowest BCUT2D eigenvalue weighted by Gasteiger charge is -2.32. The van der Waals surface area contributed by atoms with E-state index >= 15 is 0 Å². The van der Waals surface area contributed by atoms with E-state index < -0.39 is 6.04 Å². The Hall–Kier alpha value is -3.12. The summed E-state index contributed by atoms with van der Waals surface area (Å²) in [5.41, 5.74) is 4.05. The fraction of sp³-hybridized carbons (Fsp3) is 0.286. The van der Waals surface area contributed by atoms with Gasteiger partial charge in [-0.25, -0.2) is 4.39 Å². The summed E-state index contributed by atoms with van der Waals surface area (Å²) in [5.74, 6) is 0.294. The van der Waals surface area contributed by atoms with Crippen molar-refractivity contribution in [1.82, 2.24) is 10.2 Å². The molecule has 0 saturated carbocycles. The number of benzene rings is 3. The van der Waals surface area contributed by atoms with Gasteiger partial charge in [-0.2, -0.15) is 0 Å². The highest BCUT2D eigenvalue weighted by atomic mass is 32.2. The van der Waals surface area contributed by atoms with Gasteiger partial charge in [0.1, 0.15) is 11.9 Å². The number of amides is 2. The summed E-state index contributed by atoms with van der Waals surface area (Å²) < 4.78 is 13.2. The number of aryl methyl sites for hydroxylation is 1. The molecule has 0 aliphatic carbocycles. The van der Waals surface area contributed by atoms with Gasteiger partial charge in [0.25, 0.3) is 0 Å². The van der Waals surface area contributed by atoms with E-state index in [1.54, 1.807) is 17.0 Å². The van der Waals surface area contributed by atoms with Gasteiger partial charge in [0.2, 0.25) is 11.8 Å². The maximum absolute atomic E-state index is 13.5. The third-order valence-corrected chi connectivity index (χ3v) is 6.62. The van der Waals surface area contributed by atoms with E-state index in [2.05, 4.69) is 5.32 Å². The molecule has 0 radical (unpaired) electrons. The molecule has 3 rings (SSSR count). The van der Waals surface area contributed by atoms with E-state index in [9.17, 15) is 14.0 Å². The first-order valence-electron chi connectivity index (χ1n) is 11.5. The van der Waals surface area contributed by atoms with Crippen LogP contribution in [-0.4, -0.2) is 35.1 Å². The minimum Gasteiger partial charge on any atom is -0.355 e. The summed E-state index contributed by atoms with van der Waals surface area (Å²) in [5, 5.41) is 2.91. The zero-order valence-corrected chi connectivity index (χ0v) is 20.5. The second kappa shape index (κ2) is 12.9. The van der Waals surface area contributed by atoms with Crippen molar-refractivity contribution in [3.05, 3.63) is 107 Å². The number of rotatable bonds is 11. The highest BCUT2D eigenvalue weighted by Gasteiger charge is 2.30. The van der Waals surface area contributed by atoms with Crippen LogP contribution in [0.3, 0.4) is 0 Å². The van der Waals surface area contributed by atoms with Crippen molar-refractivity contribution in [2.75, 3.05) is 12.3 Å². The highest BCUT2D eigenvalue weighted by Crippen LogP contribution is 2.20. The molecular weight excluding hydrogens is 447 g/mol. The van der Waals surface area contributed by atoms with Gasteiger partial charge in [-0.05, 0) is 48.2 Å². The Labute approximate surface area is 205 Å². The van der Waals surface area contributed by atoms with Gasteiger partial charge in [0.15, 0.2) is 0 Å². The molecule has 0 unspecified atom stereocenters. The summed E-state index contributed by atoms with van der Waals surface area (Å²) in [6, 6.07) is 23.4. The number of hydrogen-bond donors (Lipinski definition) is 1. The number of thioether (sulfide) groups is 1. The van der Waals surface area contributed by atoms with E-state index in [1.165, 1.54) is 23.9 Å². The zero-order valence-electron chi connectivity index (χ0n) is 19.7. The van der Waals surface area contributed by atoms with Crippen molar-refractivity contribution in [2.45, 2.75) is 38.6 Å². The second-order valence-electron chi connectivity index (χ2n) is 8.17. The van der Waals surface area contributed by atoms with Crippen LogP contribution in [-0.2, 0) is 28.3 Å². The monoisotopic (exact) mass is 478 g/mol. The summed E-state index contributed by atoms with van der Waals surface area (Å²) in [6.45, 7) is 4.75. The summed E-state index contributed by atoms with van der Waals surface area (Å²) in [7, 11) is 0. The molecule has 0 spiro atoms. The van der Waals surface area contributed by atoms with Crippen molar-refractivity contribution in [3.8, 4) is 0 Å². The molecule has 1 N–H and O–H groups in total. The van der Waals surface area contributed by atoms with Crippen LogP contribution < -0.4 is 5.32 Å². The van der Waals surface area contributed by atoms with E-state index in [0.717, 1.165) is 22.3 Å². The van der Waals surface area contributed by atoms with E-state index in [4.69, 9.17) is 0 Å². The predicted molar refractivity (Wildman–Crippen MR) is 137 cm³/mol. The van der Waals surface area contributed by atoms with E-state index in [0.29, 0.717) is 25.3 Å². The topological polar surface area (TPSA) is 49.4 Å². The van der Waals surface area contributed by atoms with Crippen molar-refractivity contribution in [2.24, 2.45) is 0 Å². The van der Waals surface area contributed by atoms with Gasteiger partial charge in [0, 0.05) is 25.3 Å². The van der Waals surface area contributed by atoms with Crippen LogP contribution in [0, 0.1) is 12.7 Å². The Morgan fingerprint density at radius 1 is 0.941 bits per heavy atom. The molecule has 0 aromatic heterocycles. The van der Waals surface area contributed by atoms with Gasteiger partial charge in [-0.3, -0.25) is 9.59 Å². The second-order valence-corrected chi connectivity index (χ2v) is 9.15. The normalized spacial score (nSPS) is 11.6. The number of hydrogen-bond acceptors (Lipinski definition) is 3. The summed E-state index contributed by atoms with van der Waals surface area (Å²) >= 11 is 1.47.